The van der Waals surface area contributed by atoms with Gasteiger partial charge in [0.05, 0.1) is 12.3 Å². The van der Waals surface area contributed by atoms with Crippen LogP contribution in [0.2, 0.25) is 0 Å². The number of alkyl halides is 3. The number of piperidine rings is 1. The van der Waals surface area contributed by atoms with Crippen molar-refractivity contribution >= 4 is 40.0 Å². The molecule has 0 spiro atoms. The molecule has 13 heteroatoms. The van der Waals surface area contributed by atoms with E-state index in [-0.39, 0.29) is 49.0 Å². The summed E-state index contributed by atoms with van der Waals surface area (Å²) in [7, 11) is 0.264. The minimum absolute atomic E-state index is 0. The standard InChI is InChI=1S/C17H28F3N5O3S.HI/c1-21-16(23-12-14(24(2)3)15-5-4-10-28-15)22-11-13-6-8-25(9-7-13)29(26,27)17(18,19)20;/h4-5,10,13-14H,6-9,11-12H2,1-3H3,(H2,21,22,23);1H. The molecule has 8 nitrogen and oxygen atoms in total. The summed E-state index contributed by atoms with van der Waals surface area (Å²) in [5.41, 5.74) is -5.25. The fourth-order valence-corrected chi connectivity index (χ4v) is 4.16. The van der Waals surface area contributed by atoms with Gasteiger partial charge in [0.15, 0.2) is 5.96 Å². The number of likely N-dealkylation sites (N-methyl/N-ethyl adjacent to an activating group) is 1. The number of furan rings is 1. The van der Waals surface area contributed by atoms with Gasteiger partial charge in [0.25, 0.3) is 0 Å². The Bertz CT molecular complexity index is 764. The van der Waals surface area contributed by atoms with Crippen LogP contribution in [0.15, 0.2) is 27.8 Å². The van der Waals surface area contributed by atoms with E-state index in [9.17, 15) is 21.6 Å². The molecule has 2 rings (SSSR count). The van der Waals surface area contributed by atoms with Gasteiger partial charge in [0.2, 0.25) is 0 Å². The van der Waals surface area contributed by atoms with Crippen molar-refractivity contribution in [1.29, 1.82) is 0 Å². The first-order chi connectivity index (χ1) is 13.6. The molecule has 30 heavy (non-hydrogen) atoms. The van der Waals surface area contributed by atoms with Crippen molar-refractivity contribution in [2.24, 2.45) is 10.9 Å². The van der Waals surface area contributed by atoms with E-state index in [0.717, 1.165) is 5.76 Å². The molecular formula is C17H29F3IN5O3S. The molecule has 1 unspecified atom stereocenters. The van der Waals surface area contributed by atoms with Crippen molar-refractivity contribution in [3.05, 3.63) is 24.2 Å². The first-order valence-electron chi connectivity index (χ1n) is 9.27. The van der Waals surface area contributed by atoms with Crippen molar-refractivity contribution in [2.75, 3.05) is 47.3 Å². The summed E-state index contributed by atoms with van der Waals surface area (Å²) in [6.45, 7) is 0.762. The van der Waals surface area contributed by atoms with Gasteiger partial charge in [-0.25, -0.2) is 8.42 Å². The minimum Gasteiger partial charge on any atom is -0.468 e. The summed E-state index contributed by atoms with van der Waals surface area (Å²) >= 11 is 0. The molecule has 0 radical (unpaired) electrons. The van der Waals surface area contributed by atoms with Gasteiger partial charge in [-0.2, -0.15) is 17.5 Å². The monoisotopic (exact) mass is 567 g/mol. The van der Waals surface area contributed by atoms with Crippen molar-refractivity contribution in [3.63, 3.8) is 0 Å². The Labute approximate surface area is 192 Å². The number of halogens is 4. The molecule has 0 amide bonds. The molecule has 2 heterocycles. The predicted octanol–water partition coefficient (Wildman–Crippen LogP) is 2.23. The van der Waals surface area contributed by atoms with Gasteiger partial charge >= 0.3 is 15.5 Å². The highest BCUT2D eigenvalue weighted by Crippen LogP contribution is 2.30. The fourth-order valence-electron chi connectivity index (χ4n) is 3.17. The quantitative estimate of drug-likeness (QED) is 0.299. The molecular weight excluding hydrogens is 538 g/mol. The number of aliphatic imine (C=N–C) groups is 1. The Morgan fingerprint density at radius 2 is 1.97 bits per heavy atom. The SMILES string of the molecule is CN=C(NCC1CCN(S(=O)(=O)C(F)(F)F)CC1)NCC(c1ccco1)N(C)C.I. The number of hydrogen-bond acceptors (Lipinski definition) is 5. The largest absolute Gasteiger partial charge is 0.511 e. The van der Waals surface area contributed by atoms with E-state index in [1.54, 1.807) is 13.3 Å². The third-order valence-electron chi connectivity index (χ3n) is 4.95. The van der Waals surface area contributed by atoms with E-state index in [1.807, 2.05) is 31.1 Å². The first kappa shape index (κ1) is 27.0. The number of rotatable bonds is 7. The highest BCUT2D eigenvalue weighted by atomic mass is 127. The predicted molar refractivity (Wildman–Crippen MR) is 119 cm³/mol. The van der Waals surface area contributed by atoms with Gasteiger partial charge in [-0.05, 0) is 45.0 Å². The molecule has 1 fully saturated rings. The molecule has 1 saturated heterocycles. The number of nitrogens with zero attached hydrogens (tertiary/aromatic N) is 3. The van der Waals surface area contributed by atoms with Crippen molar-refractivity contribution in [3.8, 4) is 0 Å². The maximum absolute atomic E-state index is 12.6. The number of hydrogen-bond donors (Lipinski definition) is 2. The smallest absolute Gasteiger partial charge is 0.468 e. The molecule has 0 bridgehead atoms. The second-order valence-electron chi connectivity index (χ2n) is 7.12. The molecule has 1 aliphatic rings. The van der Waals surface area contributed by atoms with Crippen LogP contribution in [0.5, 0.6) is 0 Å². The minimum atomic E-state index is -5.25. The van der Waals surface area contributed by atoms with Crippen LogP contribution in [0, 0.1) is 5.92 Å². The van der Waals surface area contributed by atoms with Gasteiger partial charge in [-0.1, -0.05) is 0 Å². The molecule has 1 aromatic rings. The topological polar surface area (TPSA) is 90.2 Å². The van der Waals surface area contributed by atoms with Gasteiger partial charge in [0, 0.05) is 33.2 Å². The second kappa shape index (κ2) is 11.5. The summed E-state index contributed by atoms with van der Waals surface area (Å²) in [6, 6.07) is 3.72. The Balaban J connectivity index is 0.00000450. The molecule has 0 saturated carbocycles. The van der Waals surface area contributed by atoms with Crippen LogP contribution in [0.25, 0.3) is 0 Å². The summed E-state index contributed by atoms with van der Waals surface area (Å²) in [6.07, 6.45) is 2.32. The van der Waals surface area contributed by atoms with Crippen LogP contribution < -0.4 is 10.6 Å². The van der Waals surface area contributed by atoms with Crippen LogP contribution in [-0.4, -0.2) is 76.4 Å². The van der Waals surface area contributed by atoms with Crippen LogP contribution in [-0.2, 0) is 10.0 Å². The number of guanidine groups is 1. The van der Waals surface area contributed by atoms with Crippen molar-refractivity contribution in [1.82, 2.24) is 19.8 Å². The molecule has 1 aliphatic heterocycles. The molecule has 0 aliphatic carbocycles. The third-order valence-corrected chi connectivity index (χ3v) is 6.58. The Kier molecular flexibility index (Phi) is 10.4. The lowest BCUT2D eigenvalue weighted by Crippen LogP contribution is -2.47. The lowest BCUT2D eigenvalue weighted by atomic mass is 9.98. The molecule has 0 aromatic carbocycles. The molecule has 2 N–H and O–H groups in total. The van der Waals surface area contributed by atoms with Crippen LogP contribution in [0.1, 0.15) is 24.6 Å². The Morgan fingerprint density at radius 1 is 1.33 bits per heavy atom. The Hall–Kier alpha value is -1.06. The van der Waals surface area contributed by atoms with Crippen LogP contribution >= 0.6 is 24.0 Å². The van der Waals surface area contributed by atoms with E-state index in [2.05, 4.69) is 15.6 Å². The van der Waals surface area contributed by atoms with Gasteiger partial charge in [-0.15, -0.1) is 24.0 Å². The lowest BCUT2D eigenvalue weighted by molar-refractivity contribution is -0.0496. The number of nitrogens with one attached hydrogen (secondary N) is 2. The average molecular weight is 567 g/mol. The Morgan fingerprint density at radius 3 is 2.43 bits per heavy atom. The van der Waals surface area contributed by atoms with E-state index >= 15 is 0 Å². The van der Waals surface area contributed by atoms with Gasteiger partial charge in [-0.3, -0.25) is 9.89 Å². The number of sulfonamides is 1. The van der Waals surface area contributed by atoms with Crippen molar-refractivity contribution in [2.45, 2.75) is 24.4 Å². The van der Waals surface area contributed by atoms with Gasteiger partial charge < -0.3 is 15.1 Å². The first-order valence-corrected chi connectivity index (χ1v) is 10.7. The summed E-state index contributed by atoms with van der Waals surface area (Å²) in [5, 5.41) is 6.38. The van der Waals surface area contributed by atoms with E-state index in [1.165, 1.54) is 0 Å². The van der Waals surface area contributed by atoms with Crippen LogP contribution in [0.4, 0.5) is 13.2 Å². The molecule has 1 aromatic heterocycles. The maximum Gasteiger partial charge on any atom is 0.511 e. The highest BCUT2D eigenvalue weighted by molar-refractivity contribution is 14.0. The van der Waals surface area contributed by atoms with Crippen molar-refractivity contribution < 1.29 is 26.0 Å². The summed E-state index contributed by atoms with van der Waals surface area (Å²) in [4.78, 5) is 6.17. The van der Waals surface area contributed by atoms with Gasteiger partial charge in [0.1, 0.15) is 5.76 Å². The molecule has 174 valence electrons. The zero-order valence-corrected chi connectivity index (χ0v) is 20.3. The highest BCUT2D eigenvalue weighted by Gasteiger charge is 2.50. The van der Waals surface area contributed by atoms with E-state index in [0.29, 0.717) is 36.2 Å². The molecule has 1 atom stereocenters. The van der Waals surface area contributed by atoms with Crippen LogP contribution in [0.3, 0.4) is 0 Å². The zero-order chi connectivity index (χ0) is 21.7. The fraction of sp³-hybridized carbons (Fsp3) is 0.706. The average Bonchev–Trinajstić information content (AvgIpc) is 3.18. The summed E-state index contributed by atoms with van der Waals surface area (Å²) in [5.74, 6) is 1.44. The van der Waals surface area contributed by atoms with E-state index in [4.69, 9.17) is 4.42 Å². The maximum atomic E-state index is 12.6. The normalized spacial score (nSPS) is 18.2. The summed E-state index contributed by atoms with van der Waals surface area (Å²) < 4.78 is 66.9. The second-order valence-corrected chi connectivity index (χ2v) is 9.05. The zero-order valence-electron chi connectivity index (χ0n) is 17.1. The third kappa shape index (κ3) is 6.99. The van der Waals surface area contributed by atoms with E-state index < -0.39 is 15.5 Å². The lowest BCUT2D eigenvalue weighted by Gasteiger charge is -2.32.